The van der Waals surface area contributed by atoms with Crippen LogP contribution in [0.15, 0.2) is 33.7 Å². The molecule has 0 bridgehead atoms. The molecule has 0 radical (unpaired) electrons. The average molecular weight is 321 g/mol. The van der Waals surface area contributed by atoms with Gasteiger partial charge in [0.1, 0.15) is 0 Å². The molecule has 1 heterocycles. The minimum Gasteiger partial charge on any atom is -0.272 e. The Labute approximate surface area is 133 Å². The summed E-state index contributed by atoms with van der Waals surface area (Å²) in [6, 6.07) is 7.98. The minimum absolute atomic E-state index is 0.0955. The molecule has 1 amide bonds. The van der Waals surface area contributed by atoms with Gasteiger partial charge in [-0.3, -0.25) is 4.79 Å². The molecule has 0 aliphatic heterocycles. The average Bonchev–Trinajstić information content (AvgIpc) is 2.92. The molecule has 0 saturated carbocycles. The van der Waals surface area contributed by atoms with E-state index in [4.69, 9.17) is 0 Å². The van der Waals surface area contributed by atoms with E-state index in [1.165, 1.54) is 11.8 Å². The van der Waals surface area contributed by atoms with Crippen molar-refractivity contribution in [1.29, 1.82) is 0 Å². The molecule has 1 N–H and O–H groups in total. The van der Waals surface area contributed by atoms with Crippen molar-refractivity contribution in [3.8, 4) is 0 Å². The van der Waals surface area contributed by atoms with Crippen LogP contribution in [0.1, 0.15) is 27.2 Å². The Morgan fingerprint density at radius 1 is 1.48 bits per heavy atom. The van der Waals surface area contributed by atoms with Gasteiger partial charge in [0.25, 0.3) is 5.91 Å². The predicted octanol–water partition coefficient (Wildman–Crippen LogP) is 3.93. The fourth-order valence-corrected chi connectivity index (χ4v) is 3.49. The Bertz CT molecular complexity index is 618. The molecule has 4 nitrogen and oxygen atoms in total. The summed E-state index contributed by atoms with van der Waals surface area (Å²) in [5.41, 5.74) is 4.54. The summed E-state index contributed by atoms with van der Waals surface area (Å²) >= 11 is 3.05. The molecule has 0 saturated heterocycles. The van der Waals surface area contributed by atoms with Crippen LogP contribution in [-0.4, -0.2) is 22.4 Å². The van der Waals surface area contributed by atoms with Crippen LogP contribution in [0.2, 0.25) is 0 Å². The van der Waals surface area contributed by atoms with Crippen LogP contribution in [0.25, 0.3) is 10.2 Å². The zero-order chi connectivity index (χ0) is 15.2. The molecule has 0 fully saturated rings. The molecule has 6 heteroatoms. The number of carbonyl (C=O) groups is 1. The van der Waals surface area contributed by atoms with E-state index in [9.17, 15) is 4.79 Å². The number of hydrogen-bond donors (Lipinski definition) is 1. The third kappa shape index (κ3) is 4.54. The van der Waals surface area contributed by atoms with Gasteiger partial charge < -0.3 is 0 Å². The van der Waals surface area contributed by atoms with Crippen molar-refractivity contribution < 1.29 is 4.79 Å². The number of carbonyl (C=O) groups excluding carboxylic acids is 1. The van der Waals surface area contributed by atoms with Crippen LogP contribution in [0, 0.1) is 5.92 Å². The minimum atomic E-state index is -0.0955. The Balaban J connectivity index is 1.86. The standard InChI is InChI=1S/C15H19N3OS2/c1-4-10(2)11(3)17-18-14(19)9-20-15-16-12-7-5-6-8-13(12)21-15/h5-8,10H,4,9H2,1-3H3,(H,18,19). The number of para-hydroxylation sites is 1. The van der Waals surface area contributed by atoms with E-state index in [2.05, 4.69) is 29.4 Å². The highest BCUT2D eigenvalue weighted by Gasteiger charge is 2.08. The lowest BCUT2D eigenvalue weighted by Crippen LogP contribution is -2.22. The van der Waals surface area contributed by atoms with Gasteiger partial charge in [0, 0.05) is 5.71 Å². The molecule has 0 spiro atoms. The molecular weight excluding hydrogens is 302 g/mol. The predicted molar refractivity (Wildman–Crippen MR) is 91.1 cm³/mol. The van der Waals surface area contributed by atoms with Crippen molar-refractivity contribution in [2.24, 2.45) is 11.0 Å². The fourth-order valence-electron chi connectivity index (χ4n) is 1.63. The lowest BCUT2D eigenvalue weighted by Gasteiger charge is -2.07. The summed E-state index contributed by atoms with van der Waals surface area (Å²) in [6.45, 7) is 6.14. The van der Waals surface area contributed by atoms with Gasteiger partial charge in [-0.2, -0.15) is 5.10 Å². The highest BCUT2D eigenvalue weighted by Crippen LogP contribution is 2.28. The first kappa shape index (κ1) is 16.0. The van der Waals surface area contributed by atoms with Crippen LogP contribution >= 0.6 is 23.1 Å². The molecule has 0 aliphatic rings. The number of nitrogens with one attached hydrogen (secondary N) is 1. The summed E-state index contributed by atoms with van der Waals surface area (Å²) in [6.07, 6.45) is 1.02. The van der Waals surface area contributed by atoms with Crippen LogP contribution in [0.4, 0.5) is 0 Å². The molecule has 2 rings (SSSR count). The van der Waals surface area contributed by atoms with Crippen LogP contribution < -0.4 is 5.43 Å². The van der Waals surface area contributed by atoms with Gasteiger partial charge in [0.15, 0.2) is 4.34 Å². The summed E-state index contributed by atoms with van der Waals surface area (Å²) in [5, 5.41) is 4.14. The molecule has 1 atom stereocenters. The Hall–Kier alpha value is -1.40. The monoisotopic (exact) mass is 321 g/mol. The molecule has 1 unspecified atom stereocenters. The third-order valence-electron chi connectivity index (χ3n) is 3.28. The number of hydrazone groups is 1. The van der Waals surface area contributed by atoms with Crippen molar-refractivity contribution in [2.45, 2.75) is 31.5 Å². The fraction of sp³-hybridized carbons (Fsp3) is 0.400. The molecule has 21 heavy (non-hydrogen) atoms. The van der Waals surface area contributed by atoms with Crippen LogP contribution in [0.5, 0.6) is 0 Å². The number of nitrogens with zero attached hydrogens (tertiary/aromatic N) is 2. The van der Waals surface area contributed by atoms with E-state index in [1.54, 1.807) is 11.3 Å². The van der Waals surface area contributed by atoms with E-state index in [1.807, 2.05) is 31.2 Å². The first-order valence-electron chi connectivity index (χ1n) is 6.91. The first-order valence-corrected chi connectivity index (χ1v) is 8.71. The Kier molecular flexibility index (Phi) is 5.76. The number of thioether (sulfide) groups is 1. The second kappa shape index (κ2) is 7.56. The molecule has 0 aliphatic carbocycles. The second-order valence-electron chi connectivity index (χ2n) is 4.83. The maximum atomic E-state index is 11.8. The highest BCUT2D eigenvalue weighted by molar-refractivity contribution is 8.01. The maximum Gasteiger partial charge on any atom is 0.250 e. The van der Waals surface area contributed by atoms with Gasteiger partial charge in [0.05, 0.1) is 16.0 Å². The summed E-state index contributed by atoms with van der Waals surface area (Å²) < 4.78 is 2.06. The van der Waals surface area contributed by atoms with Crippen molar-refractivity contribution in [2.75, 3.05) is 5.75 Å². The molecule has 1 aromatic heterocycles. The SMILES string of the molecule is CCC(C)C(C)=NNC(=O)CSc1nc2ccccc2s1. The third-order valence-corrected chi connectivity index (χ3v) is 5.46. The lowest BCUT2D eigenvalue weighted by molar-refractivity contribution is -0.118. The van der Waals surface area contributed by atoms with Gasteiger partial charge in [-0.05, 0) is 31.4 Å². The highest BCUT2D eigenvalue weighted by atomic mass is 32.2. The number of fused-ring (bicyclic) bond motifs is 1. The lowest BCUT2D eigenvalue weighted by atomic mass is 10.1. The van der Waals surface area contributed by atoms with Gasteiger partial charge in [-0.1, -0.05) is 37.7 Å². The van der Waals surface area contributed by atoms with Crippen LogP contribution in [-0.2, 0) is 4.79 Å². The molecular formula is C15H19N3OS2. The van der Waals surface area contributed by atoms with Crippen LogP contribution in [0.3, 0.4) is 0 Å². The van der Waals surface area contributed by atoms with Gasteiger partial charge in [-0.25, -0.2) is 10.4 Å². The van der Waals surface area contributed by atoms with Crippen molar-refractivity contribution in [3.63, 3.8) is 0 Å². The summed E-state index contributed by atoms with van der Waals surface area (Å²) in [4.78, 5) is 16.3. The molecule has 112 valence electrons. The van der Waals surface area contributed by atoms with Crippen molar-refractivity contribution >= 4 is 44.9 Å². The quantitative estimate of drug-likeness (QED) is 0.498. The Morgan fingerprint density at radius 3 is 2.95 bits per heavy atom. The number of benzene rings is 1. The van der Waals surface area contributed by atoms with Crippen molar-refractivity contribution in [3.05, 3.63) is 24.3 Å². The smallest absolute Gasteiger partial charge is 0.250 e. The maximum absolute atomic E-state index is 11.8. The number of thiazole rings is 1. The largest absolute Gasteiger partial charge is 0.272 e. The molecule has 1 aromatic carbocycles. The summed E-state index contributed by atoms with van der Waals surface area (Å²) in [5.74, 6) is 0.626. The molecule has 2 aromatic rings. The second-order valence-corrected chi connectivity index (χ2v) is 7.09. The van der Waals surface area contributed by atoms with Crippen molar-refractivity contribution in [1.82, 2.24) is 10.4 Å². The first-order chi connectivity index (χ1) is 10.1. The van der Waals surface area contributed by atoms with E-state index >= 15 is 0 Å². The number of hydrogen-bond acceptors (Lipinski definition) is 5. The van der Waals surface area contributed by atoms with Gasteiger partial charge >= 0.3 is 0 Å². The van der Waals surface area contributed by atoms with Gasteiger partial charge in [-0.15, -0.1) is 11.3 Å². The number of amides is 1. The number of rotatable bonds is 6. The normalized spacial score (nSPS) is 13.4. The summed E-state index contributed by atoms with van der Waals surface area (Å²) in [7, 11) is 0. The number of aromatic nitrogens is 1. The zero-order valence-corrected chi connectivity index (χ0v) is 14.1. The van der Waals surface area contributed by atoms with E-state index in [0.29, 0.717) is 11.7 Å². The van der Waals surface area contributed by atoms with E-state index in [-0.39, 0.29) is 5.91 Å². The van der Waals surface area contributed by atoms with Gasteiger partial charge in [0.2, 0.25) is 0 Å². The van der Waals surface area contributed by atoms with E-state index < -0.39 is 0 Å². The topological polar surface area (TPSA) is 54.4 Å². The Morgan fingerprint density at radius 2 is 2.24 bits per heavy atom. The zero-order valence-electron chi connectivity index (χ0n) is 12.4. The van der Waals surface area contributed by atoms with E-state index in [0.717, 1.165) is 26.7 Å².